The van der Waals surface area contributed by atoms with Gasteiger partial charge >= 0.3 is 20.2 Å². The monoisotopic (exact) mass is 538 g/mol. The number of hydrogen-bond acceptors (Lipinski definition) is 2. The molecule has 0 spiro atoms. The van der Waals surface area contributed by atoms with Crippen molar-refractivity contribution in [3.8, 4) is 0 Å². The molecule has 4 aromatic rings. The van der Waals surface area contributed by atoms with E-state index >= 15 is 0 Å². The molecule has 34 heavy (non-hydrogen) atoms. The van der Waals surface area contributed by atoms with E-state index in [9.17, 15) is 17.6 Å². The molecular formula is C24H24BBrF4N2O2. The highest BCUT2D eigenvalue weighted by atomic mass is 79.9. The van der Waals surface area contributed by atoms with Gasteiger partial charge in [0.25, 0.3) is 0 Å². The number of nitrogens with zero attached hydrogens (tertiary/aromatic N) is 2. The minimum Gasteiger partial charge on any atom is -0.399 e. The van der Waals surface area contributed by atoms with Gasteiger partial charge in [0.1, 0.15) is 0 Å². The number of hydrogen-bond donors (Lipinski definition) is 0. The van der Waals surface area contributed by atoms with Crippen LogP contribution in [0.3, 0.4) is 0 Å². The first-order chi connectivity index (χ1) is 15.9. The highest BCUT2D eigenvalue weighted by Gasteiger charge is 2.51. The quantitative estimate of drug-likeness (QED) is 0.205. The summed E-state index contributed by atoms with van der Waals surface area (Å²) < 4.78 is 65.4. The Morgan fingerprint density at radius 1 is 0.735 bits per heavy atom. The van der Waals surface area contributed by atoms with Crippen molar-refractivity contribution < 1.29 is 26.9 Å². The molecule has 0 N–H and O–H groups in total. The molecule has 1 aliphatic rings. The minimum absolute atomic E-state index is 0.447. The van der Waals surface area contributed by atoms with Crippen molar-refractivity contribution in [2.75, 3.05) is 0 Å². The van der Waals surface area contributed by atoms with E-state index in [-0.39, 0.29) is 0 Å². The fourth-order valence-corrected chi connectivity index (χ4v) is 4.10. The Labute approximate surface area is 203 Å². The van der Waals surface area contributed by atoms with Crippen molar-refractivity contribution in [2.24, 2.45) is 0 Å². The summed E-state index contributed by atoms with van der Waals surface area (Å²) in [6, 6.07) is 14.1. The van der Waals surface area contributed by atoms with Crippen LogP contribution in [0.2, 0.25) is 0 Å². The molecule has 4 nitrogen and oxygen atoms in total. The standard InChI is InChI=1S/C15H18BF2NO2.C9H6BrF2N/c1-14(2)15(3,4)21-16(20-14)11-6-5-10-7-8-19(13(17)18)12(10)9-11;10-7-2-1-6-3-4-13(9(11)12)8(6)5-7/h5-9,13H,1-4H3;1-5,9H. The second kappa shape index (κ2) is 9.05. The number of aromatic nitrogens is 2. The highest BCUT2D eigenvalue weighted by Crippen LogP contribution is 2.36. The molecule has 0 amide bonds. The molecule has 0 saturated carbocycles. The smallest absolute Gasteiger partial charge is 0.399 e. The van der Waals surface area contributed by atoms with Crippen LogP contribution in [0.1, 0.15) is 40.8 Å². The third-order valence-electron chi connectivity index (χ3n) is 6.38. The summed E-state index contributed by atoms with van der Waals surface area (Å²) >= 11 is 3.24. The van der Waals surface area contributed by atoms with Crippen molar-refractivity contribution in [1.82, 2.24) is 9.13 Å². The van der Waals surface area contributed by atoms with Crippen LogP contribution in [0.15, 0.2) is 65.4 Å². The van der Waals surface area contributed by atoms with Gasteiger partial charge < -0.3 is 9.31 Å². The van der Waals surface area contributed by atoms with E-state index in [0.717, 1.165) is 29.8 Å². The molecule has 0 bridgehead atoms. The van der Waals surface area contributed by atoms with Crippen molar-refractivity contribution >= 4 is 50.3 Å². The van der Waals surface area contributed by atoms with Gasteiger partial charge in [0.05, 0.1) is 22.2 Å². The molecule has 0 aliphatic carbocycles. The van der Waals surface area contributed by atoms with Gasteiger partial charge in [-0.2, -0.15) is 17.6 Å². The van der Waals surface area contributed by atoms with Crippen molar-refractivity contribution in [2.45, 2.75) is 52.0 Å². The summed E-state index contributed by atoms with van der Waals surface area (Å²) in [5.41, 5.74) is 0.887. The van der Waals surface area contributed by atoms with E-state index in [1.54, 1.807) is 30.3 Å². The first kappa shape index (κ1) is 24.8. The van der Waals surface area contributed by atoms with E-state index in [0.29, 0.717) is 11.0 Å². The lowest BCUT2D eigenvalue weighted by Gasteiger charge is -2.32. The van der Waals surface area contributed by atoms with Gasteiger partial charge in [-0.25, -0.2) is 0 Å². The van der Waals surface area contributed by atoms with E-state index in [2.05, 4.69) is 15.9 Å². The first-order valence-corrected chi connectivity index (χ1v) is 11.5. The van der Waals surface area contributed by atoms with Crippen LogP contribution < -0.4 is 5.46 Å². The molecule has 1 fully saturated rings. The summed E-state index contributed by atoms with van der Waals surface area (Å²) in [4.78, 5) is 0. The Kier molecular flexibility index (Phi) is 6.61. The average Bonchev–Trinajstić information content (AvgIpc) is 3.41. The van der Waals surface area contributed by atoms with Crippen molar-refractivity contribution in [3.05, 3.63) is 65.4 Å². The predicted octanol–water partition coefficient (Wildman–Crippen LogP) is 7.13. The zero-order chi connectivity index (χ0) is 24.8. The predicted molar refractivity (Wildman–Crippen MR) is 130 cm³/mol. The van der Waals surface area contributed by atoms with E-state index in [1.807, 2.05) is 45.9 Å². The molecule has 2 aromatic heterocycles. The molecule has 0 unspecified atom stereocenters. The van der Waals surface area contributed by atoms with E-state index in [4.69, 9.17) is 9.31 Å². The number of fused-ring (bicyclic) bond motifs is 2. The Hall–Kier alpha value is -2.30. The Bertz CT molecular complexity index is 1300. The molecule has 1 saturated heterocycles. The van der Waals surface area contributed by atoms with E-state index < -0.39 is 31.4 Å². The maximum Gasteiger partial charge on any atom is 0.494 e. The average molecular weight is 539 g/mol. The molecule has 180 valence electrons. The number of rotatable bonds is 3. The van der Waals surface area contributed by atoms with Gasteiger partial charge in [0, 0.05) is 16.9 Å². The second-order valence-electron chi connectivity index (χ2n) is 9.11. The number of benzene rings is 2. The van der Waals surface area contributed by atoms with Gasteiger partial charge in [-0.3, -0.25) is 9.13 Å². The van der Waals surface area contributed by atoms with Crippen LogP contribution in [-0.4, -0.2) is 27.5 Å². The minimum atomic E-state index is -2.56. The number of halogens is 5. The van der Waals surface area contributed by atoms with Crippen LogP contribution >= 0.6 is 15.9 Å². The lowest BCUT2D eigenvalue weighted by Crippen LogP contribution is -2.41. The molecule has 5 rings (SSSR count). The van der Waals surface area contributed by atoms with Gasteiger partial charge in [-0.1, -0.05) is 34.1 Å². The maximum atomic E-state index is 13.0. The zero-order valence-corrected chi connectivity index (χ0v) is 20.7. The van der Waals surface area contributed by atoms with Crippen LogP contribution in [0.4, 0.5) is 17.6 Å². The Morgan fingerprint density at radius 3 is 1.71 bits per heavy atom. The lowest BCUT2D eigenvalue weighted by molar-refractivity contribution is 0.00578. The topological polar surface area (TPSA) is 28.3 Å². The fourth-order valence-electron chi connectivity index (χ4n) is 3.75. The fraction of sp³-hybridized carbons (Fsp3) is 0.333. The highest BCUT2D eigenvalue weighted by molar-refractivity contribution is 9.10. The van der Waals surface area contributed by atoms with Crippen molar-refractivity contribution in [1.29, 1.82) is 0 Å². The van der Waals surface area contributed by atoms with Crippen LogP contribution in [0.5, 0.6) is 0 Å². The van der Waals surface area contributed by atoms with Gasteiger partial charge in [0.15, 0.2) is 0 Å². The van der Waals surface area contributed by atoms with Gasteiger partial charge in [0.2, 0.25) is 0 Å². The molecule has 1 aliphatic heterocycles. The molecule has 0 radical (unpaired) electrons. The van der Waals surface area contributed by atoms with Crippen LogP contribution in [0.25, 0.3) is 21.8 Å². The SMILES string of the molecule is CC1(C)OB(c2ccc3ccn(C(F)F)c3c2)OC1(C)C.FC(F)n1ccc2ccc(Br)cc21. The zero-order valence-electron chi connectivity index (χ0n) is 19.1. The van der Waals surface area contributed by atoms with Crippen LogP contribution in [-0.2, 0) is 9.31 Å². The molecule has 3 heterocycles. The van der Waals surface area contributed by atoms with Crippen LogP contribution in [0, 0.1) is 0 Å². The second-order valence-corrected chi connectivity index (χ2v) is 10.0. The summed E-state index contributed by atoms with van der Waals surface area (Å²) in [7, 11) is -0.541. The normalized spacial score (nSPS) is 17.1. The first-order valence-electron chi connectivity index (χ1n) is 10.7. The maximum absolute atomic E-state index is 13.0. The van der Waals surface area contributed by atoms with E-state index in [1.165, 1.54) is 12.4 Å². The van der Waals surface area contributed by atoms with Gasteiger partial charge in [-0.05, 0) is 74.3 Å². The Balaban J connectivity index is 0.000000180. The summed E-state index contributed by atoms with van der Waals surface area (Å²) in [5, 5.41) is 1.60. The molecule has 0 atom stereocenters. The third-order valence-corrected chi connectivity index (χ3v) is 6.87. The van der Waals surface area contributed by atoms with Gasteiger partial charge in [-0.15, -0.1) is 0 Å². The molecule has 10 heteroatoms. The van der Waals surface area contributed by atoms with Crippen molar-refractivity contribution in [3.63, 3.8) is 0 Å². The third kappa shape index (κ3) is 4.63. The molecule has 2 aromatic carbocycles. The lowest BCUT2D eigenvalue weighted by atomic mass is 9.79. The summed E-state index contributed by atoms with van der Waals surface area (Å²) in [6.45, 7) is 2.82. The Morgan fingerprint density at radius 2 is 1.21 bits per heavy atom. The number of alkyl halides is 4. The summed E-state index contributed by atoms with van der Waals surface area (Å²) in [6.07, 6.45) is 2.78. The summed E-state index contributed by atoms with van der Waals surface area (Å²) in [5.74, 6) is 0. The largest absolute Gasteiger partial charge is 0.494 e. The molecular weight excluding hydrogens is 515 g/mol.